The number of carbonyl (C=O) groups excluding carboxylic acids is 1. The highest BCUT2D eigenvalue weighted by atomic mass is 32.2. The quantitative estimate of drug-likeness (QED) is 0.172. The van der Waals surface area contributed by atoms with Crippen LogP contribution in [0.25, 0.3) is 0 Å². The number of alkyl halides is 6. The van der Waals surface area contributed by atoms with Gasteiger partial charge < -0.3 is 14.8 Å². The first-order valence-corrected chi connectivity index (χ1v) is 15.6. The molecule has 0 spiro atoms. The van der Waals surface area contributed by atoms with E-state index in [1.54, 1.807) is 6.92 Å². The third kappa shape index (κ3) is 6.80. The van der Waals surface area contributed by atoms with Crippen molar-refractivity contribution in [3.05, 3.63) is 101 Å². The number of sulfone groups is 1. The van der Waals surface area contributed by atoms with Gasteiger partial charge in [0.2, 0.25) is 0 Å². The molecule has 2 unspecified atom stereocenters. The summed E-state index contributed by atoms with van der Waals surface area (Å²) in [5.74, 6) is -3.64. The topological polar surface area (TPSA) is 81.7 Å². The standard InChI is InChI=1S/C31H28F9NO5S/c1-2-16-45-27(42)41-22-14-15-28(17-22,47(43,44)23-12-10-21(32)11-13-23)19-6-8-20(9-7-19)29(30(35,36)37,31(38,39)40)46-18-24-25(33)4-3-5-26(24)34/h3-13,22H,2,14-18H2,1H3,(H,41,42). The summed E-state index contributed by atoms with van der Waals surface area (Å²) in [4.78, 5) is 11.8. The van der Waals surface area contributed by atoms with E-state index in [0.29, 0.717) is 30.7 Å². The molecular formula is C31H28F9NO5S. The zero-order valence-electron chi connectivity index (χ0n) is 24.5. The first-order valence-electron chi connectivity index (χ1n) is 14.1. The monoisotopic (exact) mass is 697 g/mol. The van der Waals surface area contributed by atoms with Crippen LogP contribution in [0, 0.1) is 17.5 Å². The second kappa shape index (κ2) is 13.4. The number of amides is 1. The lowest BCUT2D eigenvalue weighted by Gasteiger charge is -2.38. The molecule has 47 heavy (non-hydrogen) atoms. The van der Waals surface area contributed by atoms with E-state index in [2.05, 4.69) is 10.1 Å². The smallest absolute Gasteiger partial charge is 0.430 e. The minimum absolute atomic E-state index is 0.0236. The molecule has 1 aliphatic rings. The van der Waals surface area contributed by atoms with Gasteiger partial charge in [-0.1, -0.05) is 37.3 Å². The summed E-state index contributed by atoms with van der Waals surface area (Å²) in [5, 5.41) is 2.52. The molecule has 6 nitrogen and oxygen atoms in total. The molecular weight excluding hydrogens is 669 g/mol. The van der Waals surface area contributed by atoms with E-state index in [9.17, 15) is 52.7 Å². The Morgan fingerprint density at radius 2 is 1.47 bits per heavy atom. The summed E-state index contributed by atoms with van der Waals surface area (Å²) in [6, 6.07) is 7.23. The van der Waals surface area contributed by atoms with Crippen LogP contribution in [-0.2, 0) is 36.3 Å². The van der Waals surface area contributed by atoms with E-state index >= 15 is 0 Å². The van der Waals surface area contributed by atoms with Crippen molar-refractivity contribution in [1.29, 1.82) is 0 Å². The van der Waals surface area contributed by atoms with Crippen LogP contribution < -0.4 is 5.32 Å². The highest BCUT2D eigenvalue weighted by Crippen LogP contribution is 2.54. The van der Waals surface area contributed by atoms with E-state index in [1.807, 2.05) is 0 Å². The highest BCUT2D eigenvalue weighted by Gasteiger charge is 2.73. The number of ether oxygens (including phenoxy) is 2. The van der Waals surface area contributed by atoms with Crippen molar-refractivity contribution in [3.63, 3.8) is 0 Å². The molecule has 1 N–H and O–H groups in total. The molecule has 1 saturated carbocycles. The fourth-order valence-corrected chi connectivity index (χ4v) is 7.83. The Bertz CT molecular complexity index is 1640. The van der Waals surface area contributed by atoms with Gasteiger partial charge in [-0.3, -0.25) is 0 Å². The third-order valence-electron chi connectivity index (χ3n) is 7.98. The molecule has 4 rings (SSSR count). The average molecular weight is 698 g/mol. The lowest BCUT2D eigenvalue weighted by molar-refractivity contribution is -0.392. The molecule has 3 aromatic rings. The molecule has 0 bridgehead atoms. The van der Waals surface area contributed by atoms with Crippen LogP contribution in [0.15, 0.2) is 71.6 Å². The minimum Gasteiger partial charge on any atom is -0.450 e. The first-order chi connectivity index (χ1) is 21.9. The second-order valence-corrected chi connectivity index (χ2v) is 13.2. The third-order valence-corrected chi connectivity index (χ3v) is 10.5. The van der Waals surface area contributed by atoms with Gasteiger partial charge in [-0.25, -0.2) is 26.4 Å². The molecule has 3 aromatic carbocycles. The number of hydrogen-bond acceptors (Lipinski definition) is 5. The van der Waals surface area contributed by atoms with Gasteiger partial charge in [-0.2, -0.15) is 26.3 Å². The number of alkyl carbamates (subject to hydrolysis) is 1. The number of rotatable bonds is 10. The molecule has 0 aliphatic heterocycles. The average Bonchev–Trinajstić information content (AvgIpc) is 3.42. The van der Waals surface area contributed by atoms with E-state index in [4.69, 9.17) is 4.74 Å². The highest BCUT2D eigenvalue weighted by molar-refractivity contribution is 7.92. The van der Waals surface area contributed by atoms with Gasteiger partial charge in [0.25, 0.3) is 5.60 Å². The van der Waals surface area contributed by atoms with E-state index < -0.39 is 79.9 Å². The Morgan fingerprint density at radius 1 is 0.894 bits per heavy atom. The predicted octanol–water partition coefficient (Wildman–Crippen LogP) is 8.00. The SMILES string of the molecule is CCCOC(=O)NC1CCC(c2ccc(C(OCc3c(F)cccc3F)(C(F)(F)F)C(F)(F)F)cc2)(S(=O)(=O)c2ccc(F)cc2)C1. The summed E-state index contributed by atoms with van der Waals surface area (Å²) >= 11 is 0. The van der Waals surface area contributed by atoms with Crippen molar-refractivity contribution < 1.29 is 62.2 Å². The van der Waals surface area contributed by atoms with E-state index in [1.165, 1.54) is 0 Å². The van der Waals surface area contributed by atoms with E-state index in [-0.39, 0.29) is 36.3 Å². The van der Waals surface area contributed by atoms with Crippen molar-refractivity contribution in [1.82, 2.24) is 5.32 Å². The summed E-state index contributed by atoms with van der Waals surface area (Å²) in [6.45, 7) is 0.0385. The molecule has 0 heterocycles. The fraction of sp³-hybridized carbons (Fsp3) is 0.387. The summed E-state index contributed by atoms with van der Waals surface area (Å²) < 4.78 is 164. The van der Waals surface area contributed by atoms with Crippen LogP contribution in [0.2, 0.25) is 0 Å². The van der Waals surface area contributed by atoms with Crippen molar-refractivity contribution in [2.75, 3.05) is 6.61 Å². The van der Waals surface area contributed by atoms with Crippen LogP contribution in [0.1, 0.15) is 49.3 Å². The number of halogens is 9. The van der Waals surface area contributed by atoms with Gasteiger partial charge >= 0.3 is 18.4 Å². The normalized spacial score (nSPS) is 19.1. The molecule has 0 radical (unpaired) electrons. The maximum Gasteiger partial charge on any atom is 0.430 e. The molecule has 1 amide bonds. The molecule has 16 heteroatoms. The zero-order chi connectivity index (χ0) is 34.8. The molecule has 1 aliphatic carbocycles. The van der Waals surface area contributed by atoms with Crippen molar-refractivity contribution in [3.8, 4) is 0 Å². The Balaban J connectivity index is 1.81. The Hall–Kier alpha value is -3.79. The van der Waals surface area contributed by atoms with E-state index in [0.717, 1.165) is 42.5 Å². The Morgan fingerprint density at radius 3 is 2.00 bits per heavy atom. The van der Waals surface area contributed by atoms with Crippen LogP contribution in [0.3, 0.4) is 0 Å². The van der Waals surface area contributed by atoms with Crippen molar-refractivity contribution >= 4 is 15.9 Å². The van der Waals surface area contributed by atoms with Crippen LogP contribution in [0.5, 0.6) is 0 Å². The first kappa shape index (κ1) is 36.1. The number of benzene rings is 3. The molecule has 2 atom stereocenters. The van der Waals surface area contributed by atoms with Gasteiger partial charge in [-0.05, 0) is 67.6 Å². The number of nitrogens with one attached hydrogen (secondary N) is 1. The van der Waals surface area contributed by atoms with Gasteiger partial charge in [0.1, 0.15) is 22.2 Å². The molecule has 0 saturated heterocycles. The van der Waals surface area contributed by atoms with Gasteiger partial charge in [-0.15, -0.1) is 0 Å². The Labute approximate surface area is 263 Å². The summed E-state index contributed by atoms with van der Waals surface area (Å²) in [6.07, 6.45) is -13.4. The lowest BCUT2D eigenvalue weighted by Crippen LogP contribution is -2.56. The minimum atomic E-state index is -6.21. The van der Waals surface area contributed by atoms with Gasteiger partial charge in [0.05, 0.1) is 18.1 Å². The van der Waals surface area contributed by atoms with Crippen molar-refractivity contribution in [2.24, 2.45) is 0 Å². The molecule has 0 aromatic heterocycles. The maximum atomic E-state index is 14.4. The fourth-order valence-electron chi connectivity index (χ4n) is 5.63. The van der Waals surface area contributed by atoms with Gasteiger partial charge in [0.15, 0.2) is 9.84 Å². The van der Waals surface area contributed by atoms with Crippen molar-refractivity contribution in [2.45, 2.75) is 72.9 Å². The zero-order valence-corrected chi connectivity index (χ0v) is 25.3. The van der Waals surface area contributed by atoms with Crippen LogP contribution in [0.4, 0.5) is 44.3 Å². The molecule has 256 valence electrons. The predicted molar refractivity (Wildman–Crippen MR) is 149 cm³/mol. The van der Waals surface area contributed by atoms with Gasteiger partial charge in [0, 0.05) is 17.2 Å². The summed E-state index contributed by atoms with van der Waals surface area (Å²) in [5.41, 5.74) is -8.02. The van der Waals surface area contributed by atoms with Crippen LogP contribution in [-0.4, -0.2) is 39.5 Å². The number of carbonyl (C=O) groups is 1. The lowest BCUT2D eigenvalue weighted by atomic mass is 9.88. The second-order valence-electron chi connectivity index (χ2n) is 10.9. The Kier molecular flexibility index (Phi) is 10.3. The largest absolute Gasteiger partial charge is 0.450 e. The molecule has 1 fully saturated rings. The number of hydrogen-bond donors (Lipinski definition) is 1. The summed E-state index contributed by atoms with van der Waals surface area (Å²) in [7, 11) is -4.53. The maximum absolute atomic E-state index is 14.4. The van der Waals surface area contributed by atoms with Crippen LogP contribution >= 0.6 is 0 Å².